The standard InChI is InChI=1S/C14H19NO2/c1-11-8-13(10-14(9-11)17-3)6-4-5-7-15-12(2)16/h4,6,8-10H,5,7H2,1-3H3,(H,15,16). The number of amides is 1. The number of hydrogen-bond acceptors (Lipinski definition) is 2. The van der Waals surface area contributed by atoms with Crippen LogP contribution in [0.4, 0.5) is 0 Å². The van der Waals surface area contributed by atoms with Crippen molar-refractivity contribution in [3.8, 4) is 5.75 Å². The van der Waals surface area contributed by atoms with Crippen LogP contribution in [0.1, 0.15) is 24.5 Å². The maximum Gasteiger partial charge on any atom is 0.216 e. The fraction of sp³-hybridized carbons (Fsp3) is 0.357. The van der Waals surface area contributed by atoms with Crippen LogP contribution in [0.2, 0.25) is 0 Å². The van der Waals surface area contributed by atoms with E-state index in [1.165, 1.54) is 12.5 Å². The van der Waals surface area contributed by atoms with Gasteiger partial charge < -0.3 is 10.1 Å². The average Bonchev–Trinajstić information content (AvgIpc) is 2.27. The zero-order valence-electron chi connectivity index (χ0n) is 10.6. The van der Waals surface area contributed by atoms with Gasteiger partial charge in [0.1, 0.15) is 5.75 Å². The maximum atomic E-state index is 10.7. The number of ether oxygens (including phenoxy) is 1. The Morgan fingerprint density at radius 1 is 1.41 bits per heavy atom. The van der Waals surface area contributed by atoms with Crippen LogP contribution < -0.4 is 10.1 Å². The fourth-order valence-corrected chi connectivity index (χ4v) is 1.54. The van der Waals surface area contributed by atoms with Crippen molar-refractivity contribution in [2.45, 2.75) is 20.3 Å². The number of methoxy groups -OCH3 is 1. The van der Waals surface area contributed by atoms with E-state index in [0.717, 1.165) is 17.7 Å². The molecular weight excluding hydrogens is 214 g/mol. The lowest BCUT2D eigenvalue weighted by atomic mass is 10.1. The van der Waals surface area contributed by atoms with E-state index in [9.17, 15) is 4.79 Å². The van der Waals surface area contributed by atoms with Crippen molar-refractivity contribution in [1.29, 1.82) is 0 Å². The number of hydrogen-bond donors (Lipinski definition) is 1. The van der Waals surface area contributed by atoms with Gasteiger partial charge in [-0.15, -0.1) is 0 Å². The molecule has 3 heteroatoms. The van der Waals surface area contributed by atoms with Gasteiger partial charge in [0.15, 0.2) is 0 Å². The SMILES string of the molecule is COc1cc(C)cc(C=CCCNC(C)=O)c1. The molecule has 0 aliphatic carbocycles. The molecule has 0 saturated carbocycles. The molecule has 0 unspecified atom stereocenters. The van der Waals surface area contributed by atoms with Gasteiger partial charge in [0.2, 0.25) is 5.91 Å². The highest BCUT2D eigenvalue weighted by Crippen LogP contribution is 2.17. The molecule has 0 fully saturated rings. The van der Waals surface area contributed by atoms with Crippen molar-refractivity contribution in [3.05, 3.63) is 35.4 Å². The lowest BCUT2D eigenvalue weighted by Gasteiger charge is -2.03. The molecule has 0 aromatic heterocycles. The lowest BCUT2D eigenvalue weighted by Crippen LogP contribution is -2.20. The fourth-order valence-electron chi connectivity index (χ4n) is 1.54. The number of carbonyl (C=O) groups is 1. The highest BCUT2D eigenvalue weighted by atomic mass is 16.5. The first kappa shape index (κ1) is 13.3. The summed E-state index contributed by atoms with van der Waals surface area (Å²) in [6.45, 7) is 4.24. The molecule has 0 spiro atoms. The zero-order valence-corrected chi connectivity index (χ0v) is 10.6. The summed E-state index contributed by atoms with van der Waals surface area (Å²) in [5.41, 5.74) is 2.29. The Bertz CT molecular complexity index is 411. The van der Waals surface area contributed by atoms with Gasteiger partial charge in [-0.25, -0.2) is 0 Å². The smallest absolute Gasteiger partial charge is 0.216 e. The van der Waals surface area contributed by atoms with Gasteiger partial charge in [0.05, 0.1) is 7.11 Å². The van der Waals surface area contributed by atoms with Gasteiger partial charge >= 0.3 is 0 Å². The quantitative estimate of drug-likeness (QED) is 0.794. The van der Waals surface area contributed by atoms with Crippen molar-refractivity contribution in [3.63, 3.8) is 0 Å². The molecule has 0 heterocycles. The molecule has 1 rings (SSSR count). The summed E-state index contributed by atoms with van der Waals surface area (Å²) < 4.78 is 5.20. The van der Waals surface area contributed by atoms with Crippen LogP contribution in [0.15, 0.2) is 24.3 Å². The van der Waals surface area contributed by atoms with E-state index < -0.39 is 0 Å². The lowest BCUT2D eigenvalue weighted by molar-refractivity contribution is -0.118. The molecule has 0 aliphatic rings. The molecule has 0 bridgehead atoms. The Labute approximate surface area is 102 Å². The largest absolute Gasteiger partial charge is 0.497 e. The molecule has 17 heavy (non-hydrogen) atoms. The molecule has 1 aromatic carbocycles. The molecule has 92 valence electrons. The highest BCUT2D eigenvalue weighted by molar-refractivity contribution is 5.72. The van der Waals surface area contributed by atoms with Gasteiger partial charge in [-0.2, -0.15) is 0 Å². The van der Waals surface area contributed by atoms with E-state index in [2.05, 4.69) is 11.4 Å². The molecule has 0 aliphatic heterocycles. The highest BCUT2D eigenvalue weighted by Gasteiger charge is 1.95. The second kappa shape index (κ2) is 6.74. The topological polar surface area (TPSA) is 38.3 Å². The van der Waals surface area contributed by atoms with Crippen LogP contribution in [0, 0.1) is 6.92 Å². The minimum atomic E-state index is 0.00984. The molecule has 0 radical (unpaired) electrons. The van der Waals surface area contributed by atoms with Crippen molar-refractivity contribution >= 4 is 12.0 Å². The van der Waals surface area contributed by atoms with Crippen molar-refractivity contribution in [2.24, 2.45) is 0 Å². The van der Waals surface area contributed by atoms with Crippen molar-refractivity contribution in [1.82, 2.24) is 5.32 Å². The predicted molar refractivity (Wildman–Crippen MR) is 70.1 cm³/mol. The van der Waals surface area contributed by atoms with Gasteiger partial charge in [0.25, 0.3) is 0 Å². The van der Waals surface area contributed by atoms with Gasteiger partial charge in [-0.05, 0) is 36.6 Å². The number of carbonyl (C=O) groups excluding carboxylic acids is 1. The first-order valence-corrected chi connectivity index (χ1v) is 5.68. The third kappa shape index (κ3) is 5.20. The number of rotatable bonds is 5. The second-order valence-corrected chi connectivity index (χ2v) is 3.96. The van der Waals surface area contributed by atoms with Crippen LogP contribution in [0.25, 0.3) is 6.08 Å². The molecular formula is C14H19NO2. The molecule has 0 atom stereocenters. The number of aryl methyl sites for hydroxylation is 1. The minimum absolute atomic E-state index is 0.00984. The second-order valence-electron chi connectivity index (χ2n) is 3.96. The molecule has 1 aromatic rings. The first-order valence-electron chi connectivity index (χ1n) is 5.68. The Hall–Kier alpha value is -1.77. The van der Waals surface area contributed by atoms with Crippen LogP contribution in [0.3, 0.4) is 0 Å². The minimum Gasteiger partial charge on any atom is -0.497 e. The van der Waals surface area contributed by atoms with Gasteiger partial charge in [-0.1, -0.05) is 18.2 Å². The predicted octanol–water partition coefficient (Wildman–Crippen LogP) is 2.54. The Kier molecular flexibility index (Phi) is 5.27. The summed E-state index contributed by atoms with van der Waals surface area (Å²) in [6, 6.07) is 6.08. The van der Waals surface area contributed by atoms with E-state index in [4.69, 9.17) is 4.74 Å². The van der Waals surface area contributed by atoms with Crippen LogP contribution >= 0.6 is 0 Å². The summed E-state index contributed by atoms with van der Waals surface area (Å²) in [5, 5.41) is 2.75. The maximum absolute atomic E-state index is 10.7. The molecule has 1 N–H and O–H groups in total. The summed E-state index contributed by atoms with van der Waals surface area (Å²) in [5.74, 6) is 0.877. The van der Waals surface area contributed by atoms with E-state index in [1.807, 2.05) is 31.2 Å². The normalized spacial score (nSPS) is 10.5. The van der Waals surface area contributed by atoms with E-state index in [1.54, 1.807) is 7.11 Å². The van der Waals surface area contributed by atoms with Gasteiger partial charge in [-0.3, -0.25) is 4.79 Å². The van der Waals surface area contributed by atoms with Crippen LogP contribution in [0.5, 0.6) is 5.75 Å². The van der Waals surface area contributed by atoms with E-state index in [0.29, 0.717) is 6.54 Å². The number of nitrogens with one attached hydrogen (secondary N) is 1. The van der Waals surface area contributed by atoms with E-state index >= 15 is 0 Å². The molecule has 0 saturated heterocycles. The summed E-state index contributed by atoms with van der Waals surface area (Å²) >= 11 is 0. The van der Waals surface area contributed by atoms with Crippen LogP contribution in [-0.4, -0.2) is 19.6 Å². The monoisotopic (exact) mass is 233 g/mol. The number of benzene rings is 1. The summed E-state index contributed by atoms with van der Waals surface area (Å²) in [7, 11) is 1.67. The Morgan fingerprint density at radius 3 is 2.82 bits per heavy atom. The Morgan fingerprint density at radius 2 is 2.18 bits per heavy atom. The summed E-state index contributed by atoms with van der Waals surface area (Å²) in [6.07, 6.45) is 4.91. The first-order chi connectivity index (χ1) is 8.11. The third-order valence-electron chi connectivity index (χ3n) is 2.30. The Balaban J connectivity index is 2.52. The molecule has 1 amide bonds. The van der Waals surface area contributed by atoms with Crippen molar-refractivity contribution in [2.75, 3.05) is 13.7 Å². The van der Waals surface area contributed by atoms with Crippen LogP contribution in [-0.2, 0) is 4.79 Å². The third-order valence-corrected chi connectivity index (χ3v) is 2.30. The molecule has 3 nitrogen and oxygen atoms in total. The zero-order chi connectivity index (χ0) is 12.7. The van der Waals surface area contributed by atoms with Gasteiger partial charge in [0, 0.05) is 13.5 Å². The van der Waals surface area contributed by atoms with Crippen molar-refractivity contribution < 1.29 is 9.53 Å². The summed E-state index contributed by atoms with van der Waals surface area (Å²) in [4.78, 5) is 10.7. The average molecular weight is 233 g/mol. The van der Waals surface area contributed by atoms with E-state index in [-0.39, 0.29) is 5.91 Å².